The lowest BCUT2D eigenvalue weighted by atomic mass is 10.1. The molecule has 7 heteroatoms. The van der Waals surface area contributed by atoms with Gasteiger partial charge in [-0.1, -0.05) is 12.5 Å². The number of ether oxygens (including phenoxy) is 1. The van der Waals surface area contributed by atoms with Crippen LogP contribution in [0.4, 0.5) is 5.69 Å². The van der Waals surface area contributed by atoms with Gasteiger partial charge in [0.15, 0.2) is 5.78 Å². The predicted molar refractivity (Wildman–Crippen MR) is 105 cm³/mol. The van der Waals surface area contributed by atoms with Crippen molar-refractivity contribution in [1.82, 2.24) is 4.31 Å². The van der Waals surface area contributed by atoms with Crippen LogP contribution < -0.4 is 10.1 Å². The SMILES string of the molecule is COc1cccc(NCC(=O)c2ccc(S(=O)(=O)N3CCCCC3)cc2)c1. The maximum atomic E-state index is 12.7. The molecule has 27 heavy (non-hydrogen) atoms. The van der Waals surface area contributed by atoms with Gasteiger partial charge in [0, 0.05) is 30.4 Å². The Labute approximate surface area is 160 Å². The molecule has 1 N–H and O–H groups in total. The lowest BCUT2D eigenvalue weighted by Gasteiger charge is -2.25. The fourth-order valence-electron chi connectivity index (χ4n) is 3.08. The van der Waals surface area contributed by atoms with Crippen molar-refractivity contribution in [2.24, 2.45) is 0 Å². The molecule has 0 saturated carbocycles. The summed E-state index contributed by atoms with van der Waals surface area (Å²) < 4.78 is 32.0. The number of anilines is 1. The van der Waals surface area contributed by atoms with Crippen molar-refractivity contribution in [3.8, 4) is 5.75 Å². The molecule has 0 radical (unpaired) electrons. The molecule has 0 atom stereocenters. The van der Waals surface area contributed by atoms with Gasteiger partial charge in [0.1, 0.15) is 5.75 Å². The number of methoxy groups -OCH3 is 1. The topological polar surface area (TPSA) is 75.7 Å². The van der Waals surface area contributed by atoms with Crippen molar-refractivity contribution in [3.63, 3.8) is 0 Å². The molecule has 6 nitrogen and oxygen atoms in total. The highest BCUT2D eigenvalue weighted by Gasteiger charge is 2.25. The molecule has 1 saturated heterocycles. The number of hydrogen-bond acceptors (Lipinski definition) is 5. The van der Waals surface area contributed by atoms with Crippen LogP contribution in [0.2, 0.25) is 0 Å². The summed E-state index contributed by atoms with van der Waals surface area (Å²) in [5, 5.41) is 3.06. The van der Waals surface area contributed by atoms with E-state index in [1.54, 1.807) is 19.2 Å². The first-order valence-corrected chi connectivity index (χ1v) is 10.5. The molecule has 1 heterocycles. The molecule has 2 aromatic rings. The third-order valence-corrected chi connectivity index (χ3v) is 6.56. The quantitative estimate of drug-likeness (QED) is 0.738. The van der Waals surface area contributed by atoms with Gasteiger partial charge in [-0.15, -0.1) is 0 Å². The summed E-state index contributed by atoms with van der Waals surface area (Å²) in [6.45, 7) is 1.24. The Balaban J connectivity index is 1.64. The van der Waals surface area contributed by atoms with Crippen LogP contribution in [0.5, 0.6) is 5.75 Å². The van der Waals surface area contributed by atoms with Gasteiger partial charge in [-0.05, 0) is 49.2 Å². The number of nitrogens with zero attached hydrogens (tertiary/aromatic N) is 1. The number of rotatable bonds is 7. The number of ketones is 1. The van der Waals surface area contributed by atoms with Gasteiger partial charge in [-0.3, -0.25) is 4.79 Å². The highest BCUT2D eigenvalue weighted by molar-refractivity contribution is 7.89. The summed E-state index contributed by atoms with van der Waals surface area (Å²) in [5.74, 6) is 0.597. The van der Waals surface area contributed by atoms with Gasteiger partial charge < -0.3 is 10.1 Å². The average molecular weight is 388 g/mol. The average Bonchev–Trinajstić information content (AvgIpc) is 2.73. The summed E-state index contributed by atoms with van der Waals surface area (Å²) in [5.41, 5.74) is 1.26. The summed E-state index contributed by atoms with van der Waals surface area (Å²) in [4.78, 5) is 12.6. The molecular formula is C20H24N2O4S. The van der Waals surface area contributed by atoms with Crippen molar-refractivity contribution in [3.05, 3.63) is 54.1 Å². The predicted octanol–water partition coefficient (Wildman–Crippen LogP) is 3.16. The molecule has 0 amide bonds. The van der Waals surface area contributed by atoms with E-state index in [2.05, 4.69) is 5.32 Å². The smallest absolute Gasteiger partial charge is 0.243 e. The van der Waals surface area contributed by atoms with Crippen LogP contribution in [0.3, 0.4) is 0 Å². The molecule has 3 rings (SSSR count). The molecule has 0 aliphatic carbocycles. The monoisotopic (exact) mass is 388 g/mol. The van der Waals surface area contributed by atoms with Gasteiger partial charge in [-0.2, -0.15) is 4.31 Å². The van der Waals surface area contributed by atoms with E-state index in [1.807, 2.05) is 24.3 Å². The summed E-state index contributed by atoms with van der Waals surface area (Å²) in [7, 11) is -1.89. The Hall–Kier alpha value is -2.38. The van der Waals surface area contributed by atoms with Gasteiger partial charge in [0.25, 0.3) is 0 Å². The maximum Gasteiger partial charge on any atom is 0.243 e. The number of nitrogens with one attached hydrogen (secondary N) is 1. The van der Waals surface area contributed by atoms with E-state index in [4.69, 9.17) is 4.74 Å². The number of benzene rings is 2. The van der Waals surface area contributed by atoms with E-state index in [-0.39, 0.29) is 17.2 Å². The number of carbonyl (C=O) groups is 1. The number of Topliss-reactive ketones (excluding diaryl/α,β-unsaturated/α-hetero) is 1. The molecular weight excluding hydrogens is 364 g/mol. The summed E-state index contributed by atoms with van der Waals surface area (Å²) >= 11 is 0. The lowest BCUT2D eigenvalue weighted by Crippen LogP contribution is -2.35. The van der Waals surface area contributed by atoms with Crippen molar-refractivity contribution in [1.29, 1.82) is 0 Å². The van der Waals surface area contributed by atoms with Crippen LogP contribution in [0.15, 0.2) is 53.4 Å². The Bertz CT molecular complexity index is 888. The first-order valence-electron chi connectivity index (χ1n) is 9.02. The van der Waals surface area contributed by atoms with Crippen LogP contribution in [0.1, 0.15) is 29.6 Å². The molecule has 2 aromatic carbocycles. The standard InChI is InChI=1S/C20H24N2O4S/c1-26-18-7-5-6-17(14-18)21-15-20(23)16-8-10-19(11-9-16)27(24,25)22-12-3-2-4-13-22/h5-11,14,21H,2-4,12-13,15H2,1H3. The minimum atomic E-state index is -3.47. The zero-order valence-corrected chi connectivity index (χ0v) is 16.2. The molecule has 0 bridgehead atoms. The number of carbonyl (C=O) groups excluding carboxylic acids is 1. The Kier molecular flexibility index (Phi) is 6.13. The number of piperidine rings is 1. The van der Waals surface area contributed by atoms with E-state index in [0.29, 0.717) is 24.4 Å². The van der Waals surface area contributed by atoms with E-state index in [9.17, 15) is 13.2 Å². The van der Waals surface area contributed by atoms with Crippen molar-refractivity contribution < 1.29 is 17.9 Å². The molecule has 0 aromatic heterocycles. The summed E-state index contributed by atoms with van der Waals surface area (Å²) in [6, 6.07) is 13.5. The van der Waals surface area contributed by atoms with Gasteiger partial charge in [-0.25, -0.2) is 8.42 Å². The second kappa shape index (κ2) is 8.54. The molecule has 144 valence electrons. The van der Waals surface area contributed by atoms with E-state index < -0.39 is 10.0 Å². The molecule has 1 aliphatic heterocycles. The minimum Gasteiger partial charge on any atom is -0.497 e. The third kappa shape index (κ3) is 4.67. The van der Waals surface area contributed by atoms with E-state index >= 15 is 0 Å². The van der Waals surface area contributed by atoms with Gasteiger partial charge >= 0.3 is 0 Å². The molecule has 1 fully saturated rings. The molecule has 0 unspecified atom stereocenters. The minimum absolute atomic E-state index is 0.111. The highest BCUT2D eigenvalue weighted by Crippen LogP contribution is 2.21. The van der Waals surface area contributed by atoms with Crippen LogP contribution in [0, 0.1) is 0 Å². The van der Waals surface area contributed by atoms with Crippen LogP contribution in [-0.4, -0.2) is 45.3 Å². The second-order valence-electron chi connectivity index (χ2n) is 6.50. The fraction of sp³-hybridized carbons (Fsp3) is 0.350. The highest BCUT2D eigenvalue weighted by atomic mass is 32.2. The van der Waals surface area contributed by atoms with Crippen molar-refractivity contribution in [2.75, 3.05) is 32.1 Å². The molecule has 1 aliphatic rings. The Morgan fingerprint density at radius 2 is 1.78 bits per heavy atom. The summed E-state index contributed by atoms with van der Waals surface area (Å²) in [6.07, 6.45) is 2.86. The number of sulfonamides is 1. The first-order chi connectivity index (χ1) is 13.0. The zero-order chi connectivity index (χ0) is 19.3. The normalized spacial score (nSPS) is 15.3. The Morgan fingerprint density at radius 1 is 1.07 bits per heavy atom. The maximum absolute atomic E-state index is 12.7. The Morgan fingerprint density at radius 3 is 2.44 bits per heavy atom. The van der Waals surface area contributed by atoms with Crippen molar-refractivity contribution in [2.45, 2.75) is 24.2 Å². The van der Waals surface area contributed by atoms with Crippen LogP contribution >= 0.6 is 0 Å². The van der Waals surface area contributed by atoms with E-state index in [0.717, 1.165) is 24.9 Å². The van der Waals surface area contributed by atoms with Crippen molar-refractivity contribution >= 4 is 21.5 Å². The molecule has 0 spiro atoms. The number of hydrogen-bond donors (Lipinski definition) is 1. The van der Waals surface area contributed by atoms with Gasteiger partial charge in [0.2, 0.25) is 10.0 Å². The van der Waals surface area contributed by atoms with E-state index in [1.165, 1.54) is 16.4 Å². The lowest BCUT2D eigenvalue weighted by molar-refractivity contribution is 0.101. The second-order valence-corrected chi connectivity index (χ2v) is 8.44. The largest absolute Gasteiger partial charge is 0.497 e. The third-order valence-electron chi connectivity index (χ3n) is 4.65. The first kappa shape index (κ1) is 19.4. The van der Waals surface area contributed by atoms with Gasteiger partial charge in [0.05, 0.1) is 18.6 Å². The van der Waals surface area contributed by atoms with Crippen LogP contribution in [0.25, 0.3) is 0 Å². The fourth-order valence-corrected chi connectivity index (χ4v) is 4.60. The van der Waals surface area contributed by atoms with Crippen LogP contribution in [-0.2, 0) is 10.0 Å². The zero-order valence-electron chi connectivity index (χ0n) is 15.3.